The van der Waals surface area contributed by atoms with Gasteiger partial charge in [-0.25, -0.2) is 9.79 Å². The number of hydrogen-bond acceptors (Lipinski definition) is 8. The van der Waals surface area contributed by atoms with Crippen LogP contribution < -0.4 is 29.1 Å². The molecule has 1 aliphatic rings. The van der Waals surface area contributed by atoms with Crippen LogP contribution >= 0.6 is 43.2 Å². The van der Waals surface area contributed by atoms with Crippen LogP contribution in [0.1, 0.15) is 37.9 Å². The Morgan fingerprint density at radius 1 is 1.08 bits per heavy atom. The molecule has 4 rings (SSSR count). The van der Waals surface area contributed by atoms with Gasteiger partial charge in [-0.15, -0.1) is 0 Å². The average molecular weight is 666 g/mol. The van der Waals surface area contributed by atoms with Gasteiger partial charge in [0.25, 0.3) is 5.56 Å². The summed E-state index contributed by atoms with van der Waals surface area (Å²) in [4.78, 5) is 32.1. The molecule has 0 N–H and O–H groups in total. The predicted octanol–water partition coefficient (Wildman–Crippen LogP) is 4.74. The largest absolute Gasteiger partial charge is 0.494 e. The van der Waals surface area contributed by atoms with Crippen molar-refractivity contribution < 1.29 is 23.7 Å². The summed E-state index contributed by atoms with van der Waals surface area (Å²) in [5.41, 5.74) is 1.98. The van der Waals surface area contributed by atoms with E-state index in [0.717, 1.165) is 14.5 Å². The molecule has 2 heterocycles. The standard InChI is InChI=1S/C27H26Br2N2O6S/c1-6-36-20-13-16(8-9-19(20)34-4)23-22(26(33)37-7-2)14(3)30-27-31(23)25(32)21(38-27)12-15-10-17(28)24(35-5)18(29)11-15/h8-13,23H,6-7H2,1-5H3/b21-12-/t23-/m0/s1. The molecule has 0 amide bonds. The van der Waals surface area contributed by atoms with Gasteiger partial charge < -0.3 is 18.9 Å². The Hall–Kier alpha value is -2.89. The van der Waals surface area contributed by atoms with Crippen LogP contribution in [0.2, 0.25) is 0 Å². The zero-order valence-electron chi connectivity index (χ0n) is 21.5. The second kappa shape index (κ2) is 11.9. The number of ether oxygens (including phenoxy) is 4. The fraction of sp³-hybridized carbons (Fsp3) is 0.296. The minimum absolute atomic E-state index is 0.195. The zero-order valence-corrected chi connectivity index (χ0v) is 25.5. The highest BCUT2D eigenvalue weighted by Crippen LogP contribution is 2.37. The number of hydrogen-bond donors (Lipinski definition) is 0. The summed E-state index contributed by atoms with van der Waals surface area (Å²) < 4.78 is 25.5. The lowest BCUT2D eigenvalue weighted by Gasteiger charge is -2.25. The van der Waals surface area contributed by atoms with E-state index >= 15 is 0 Å². The first kappa shape index (κ1) is 28.1. The van der Waals surface area contributed by atoms with Crippen molar-refractivity contribution in [2.75, 3.05) is 27.4 Å². The summed E-state index contributed by atoms with van der Waals surface area (Å²) in [6.45, 7) is 5.99. The molecule has 11 heteroatoms. The fourth-order valence-corrected chi connectivity index (χ4v) is 6.84. The maximum atomic E-state index is 13.9. The number of methoxy groups -OCH3 is 2. The first-order valence-electron chi connectivity index (χ1n) is 11.8. The molecule has 1 atom stereocenters. The van der Waals surface area contributed by atoms with E-state index in [2.05, 4.69) is 36.9 Å². The van der Waals surface area contributed by atoms with Gasteiger partial charge in [0.15, 0.2) is 16.3 Å². The van der Waals surface area contributed by atoms with Gasteiger partial charge in [-0.3, -0.25) is 9.36 Å². The van der Waals surface area contributed by atoms with Gasteiger partial charge in [0.1, 0.15) is 5.75 Å². The number of allylic oxidation sites excluding steroid dienone is 1. The number of carbonyl (C=O) groups is 1. The molecule has 1 aromatic heterocycles. The van der Waals surface area contributed by atoms with Crippen LogP contribution in [0.5, 0.6) is 17.2 Å². The Balaban J connectivity index is 1.96. The average Bonchev–Trinajstić information content (AvgIpc) is 3.17. The van der Waals surface area contributed by atoms with E-state index in [-0.39, 0.29) is 12.2 Å². The monoisotopic (exact) mass is 664 g/mol. The molecule has 2 aromatic carbocycles. The molecule has 1 aliphatic heterocycles. The van der Waals surface area contributed by atoms with Crippen LogP contribution in [0, 0.1) is 0 Å². The van der Waals surface area contributed by atoms with Gasteiger partial charge in [-0.2, -0.15) is 0 Å². The molecule has 0 saturated heterocycles. The SMILES string of the molecule is CCOC(=O)C1=C(C)N=c2s/c(=C\c3cc(Br)c(OC)c(Br)c3)c(=O)n2[C@H]1c1ccc(OC)c(OCC)c1. The lowest BCUT2D eigenvalue weighted by atomic mass is 9.95. The summed E-state index contributed by atoms with van der Waals surface area (Å²) >= 11 is 8.28. The van der Waals surface area contributed by atoms with Gasteiger partial charge in [-0.05, 0) is 94.1 Å². The number of halogens is 2. The third-order valence-corrected chi connectivity index (χ3v) is 8.00. The van der Waals surface area contributed by atoms with Crippen molar-refractivity contribution in [2.45, 2.75) is 26.8 Å². The third-order valence-electron chi connectivity index (χ3n) is 5.84. The van der Waals surface area contributed by atoms with Crippen molar-refractivity contribution in [1.82, 2.24) is 4.57 Å². The van der Waals surface area contributed by atoms with Crippen molar-refractivity contribution in [3.05, 3.63) is 81.4 Å². The number of nitrogens with zero attached hydrogens (tertiary/aromatic N) is 2. The molecule has 0 spiro atoms. The van der Waals surface area contributed by atoms with Gasteiger partial charge in [0, 0.05) is 0 Å². The van der Waals surface area contributed by atoms with E-state index in [1.807, 2.05) is 25.1 Å². The van der Waals surface area contributed by atoms with Crippen LogP contribution in [0.4, 0.5) is 0 Å². The molecule has 200 valence electrons. The van der Waals surface area contributed by atoms with Gasteiger partial charge in [0.05, 0.1) is 58.2 Å². The van der Waals surface area contributed by atoms with Crippen molar-refractivity contribution in [3.8, 4) is 17.2 Å². The van der Waals surface area contributed by atoms with Crippen LogP contribution in [0.3, 0.4) is 0 Å². The molecular formula is C27H26Br2N2O6S. The van der Waals surface area contributed by atoms with Crippen LogP contribution in [-0.2, 0) is 9.53 Å². The fourth-order valence-electron chi connectivity index (χ4n) is 4.25. The number of fused-ring (bicyclic) bond motifs is 1. The summed E-state index contributed by atoms with van der Waals surface area (Å²) in [6.07, 6.45) is 1.79. The minimum atomic E-state index is -0.757. The molecular weight excluding hydrogens is 640 g/mol. The molecule has 0 bridgehead atoms. The van der Waals surface area contributed by atoms with Crippen molar-refractivity contribution in [2.24, 2.45) is 4.99 Å². The highest BCUT2D eigenvalue weighted by molar-refractivity contribution is 9.11. The lowest BCUT2D eigenvalue weighted by molar-refractivity contribution is -0.139. The van der Waals surface area contributed by atoms with E-state index in [9.17, 15) is 9.59 Å². The van der Waals surface area contributed by atoms with Crippen LogP contribution in [0.15, 0.2) is 60.3 Å². The number of benzene rings is 2. The van der Waals surface area contributed by atoms with E-state index in [1.54, 1.807) is 50.8 Å². The maximum absolute atomic E-state index is 13.9. The molecule has 0 fully saturated rings. The molecule has 0 aliphatic carbocycles. The summed E-state index contributed by atoms with van der Waals surface area (Å²) in [5, 5.41) is 0. The normalized spacial score (nSPS) is 15.1. The van der Waals surface area contributed by atoms with Crippen LogP contribution in [-0.4, -0.2) is 38.0 Å². The Morgan fingerprint density at radius 3 is 2.39 bits per heavy atom. The molecule has 0 radical (unpaired) electrons. The van der Waals surface area contributed by atoms with Gasteiger partial charge >= 0.3 is 5.97 Å². The quantitative estimate of drug-likeness (QED) is 0.323. The smallest absolute Gasteiger partial charge is 0.338 e. The number of thiazole rings is 1. The number of aromatic nitrogens is 1. The Bertz CT molecular complexity index is 1590. The Kier molecular flexibility index (Phi) is 8.79. The van der Waals surface area contributed by atoms with Crippen molar-refractivity contribution in [3.63, 3.8) is 0 Å². The predicted molar refractivity (Wildman–Crippen MR) is 153 cm³/mol. The molecule has 8 nitrogen and oxygen atoms in total. The molecule has 0 saturated carbocycles. The van der Waals surface area contributed by atoms with E-state index in [0.29, 0.717) is 50.0 Å². The molecule has 38 heavy (non-hydrogen) atoms. The highest BCUT2D eigenvalue weighted by Gasteiger charge is 2.34. The Labute approximate surface area is 240 Å². The minimum Gasteiger partial charge on any atom is -0.494 e. The second-order valence-electron chi connectivity index (χ2n) is 8.16. The number of rotatable bonds is 8. The van der Waals surface area contributed by atoms with Gasteiger partial charge in [0.2, 0.25) is 0 Å². The third kappa shape index (κ3) is 5.32. The molecule has 0 unspecified atom stereocenters. The van der Waals surface area contributed by atoms with E-state index in [4.69, 9.17) is 18.9 Å². The summed E-state index contributed by atoms with van der Waals surface area (Å²) in [5.74, 6) is 1.20. The second-order valence-corrected chi connectivity index (χ2v) is 10.9. The zero-order chi connectivity index (χ0) is 27.6. The number of carbonyl (C=O) groups excluding carboxylic acids is 1. The van der Waals surface area contributed by atoms with Crippen molar-refractivity contribution >= 4 is 55.2 Å². The Morgan fingerprint density at radius 2 is 1.79 bits per heavy atom. The summed E-state index contributed by atoms with van der Waals surface area (Å²) in [7, 11) is 3.15. The first-order chi connectivity index (χ1) is 18.2. The topological polar surface area (TPSA) is 88.4 Å². The van der Waals surface area contributed by atoms with Gasteiger partial charge in [-0.1, -0.05) is 17.4 Å². The van der Waals surface area contributed by atoms with Crippen LogP contribution in [0.25, 0.3) is 6.08 Å². The van der Waals surface area contributed by atoms with E-state index < -0.39 is 12.0 Å². The first-order valence-corrected chi connectivity index (χ1v) is 14.2. The highest BCUT2D eigenvalue weighted by atomic mass is 79.9. The van der Waals surface area contributed by atoms with E-state index in [1.165, 1.54) is 11.3 Å². The van der Waals surface area contributed by atoms with Crippen molar-refractivity contribution in [1.29, 1.82) is 0 Å². The summed E-state index contributed by atoms with van der Waals surface area (Å²) in [6, 6.07) is 8.35. The number of esters is 1. The maximum Gasteiger partial charge on any atom is 0.338 e. The molecule has 3 aromatic rings. The lowest BCUT2D eigenvalue weighted by Crippen LogP contribution is -2.40.